The molecule has 0 fully saturated rings. The molecule has 1 N–H and O–H groups in total. The minimum atomic E-state index is -0.275. The molecule has 0 aliphatic carbocycles. The molecule has 0 saturated carbocycles. The first-order chi connectivity index (χ1) is 17.6. The molecular formula is C30H27N5O. The van der Waals surface area contributed by atoms with Gasteiger partial charge in [0.1, 0.15) is 5.82 Å². The van der Waals surface area contributed by atoms with E-state index < -0.39 is 0 Å². The summed E-state index contributed by atoms with van der Waals surface area (Å²) in [5.41, 5.74) is 6.89. The van der Waals surface area contributed by atoms with Gasteiger partial charge in [0.05, 0.1) is 29.7 Å². The fourth-order valence-electron chi connectivity index (χ4n) is 4.97. The predicted molar refractivity (Wildman–Crippen MR) is 142 cm³/mol. The maximum atomic E-state index is 13.9. The van der Waals surface area contributed by atoms with Crippen molar-refractivity contribution in [2.24, 2.45) is 0 Å². The van der Waals surface area contributed by atoms with Gasteiger partial charge in [-0.25, -0.2) is 9.48 Å². The van der Waals surface area contributed by atoms with Gasteiger partial charge in [-0.05, 0) is 55.8 Å². The molecule has 0 saturated heterocycles. The third-order valence-corrected chi connectivity index (χ3v) is 6.77. The Balaban J connectivity index is 1.52. The van der Waals surface area contributed by atoms with E-state index in [0.717, 1.165) is 45.3 Å². The Labute approximate surface area is 210 Å². The molecule has 3 heterocycles. The standard InChI is InChI=1S/C30H27N5O/c1-21-15-17-24(18-16-21)31-30(36)34-20-26-22(2)32-35(25-12-7-4-8-13-25)29(26)33-19-9-14-27(33)28(34)23-10-5-3-6-11-23/h3-19,28H,20H2,1-2H3,(H,31,36)/t28-/m0/s1. The van der Waals surface area contributed by atoms with E-state index in [1.165, 1.54) is 0 Å². The Morgan fingerprint density at radius 1 is 0.861 bits per heavy atom. The minimum Gasteiger partial charge on any atom is -0.308 e. The Morgan fingerprint density at radius 3 is 2.28 bits per heavy atom. The van der Waals surface area contributed by atoms with Gasteiger partial charge in [-0.2, -0.15) is 5.10 Å². The van der Waals surface area contributed by atoms with Crippen molar-refractivity contribution in [1.82, 2.24) is 19.2 Å². The molecule has 0 bridgehead atoms. The van der Waals surface area contributed by atoms with E-state index in [1.54, 1.807) is 0 Å². The Bertz CT molecular complexity index is 1520. The van der Waals surface area contributed by atoms with Gasteiger partial charge in [-0.3, -0.25) is 0 Å². The van der Waals surface area contributed by atoms with Gasteiger partial charge >= 0.3 is 6.03 Å². The topological polar surface area (TPSA) is 55.1 Å². The van der Waals surface area contributed by atoms with Crippen molar-refractivity contribution >= 4 is 11.7 Å². The van der Waals surface area contributed by atoms with E-state index in [0.29, 0.717) is 6.54 Å². The largest absolute Gasteiger partial charge is 0.322 e. The zero-order valence-corrected chi connectivity index (χ0v) is 20.3. The maximum absolute atomic E-state index is 13.9. The van der Waals surface area contributed by atoms with Crippen LogP contribution in [0.4, 0.5) is 10.5 Å². The first-order valence-electron chi connectivity index (χ1n) is 12.1. The van der Waals surface area contributed by atoms with Gasteiger partial charge in [0.25, 0.3) is 0 Å². The summed E-state index contributed by atoms with van der Waals surface area (Å²) < 4.78 is 4.16. The summed E-state index contributed by atoms with van der Waals surface area (Å²) in [5, 5.41) is 8.03. The van der Waals surface area contributed by atoms with Crippen LogP contribution in [0.1, 0.15) is 34.1 Å². The average Bonchev–Trinajstić information content (AvgIpc) is 3.47. The number of nitrogens with zero attached hydrogens (tertiary/aromatic N) is 4. The fourth-order valence-corrected chi connectivity index (χ4v) is 4.97. The molecule has 6 heteroatoms. The molecule has 2 aromatic heterocycles. The quantitative estimate of drug-likeness (QED) is 0.329. The van der Waals surface area contributed by atoms with Crippen molar-refractivity contribution in [1.29, 1.82) is 0 Å². The molecular weight excluding hydrogens is 446 g/mol. The van der Waals surface area contributed by atoms with Gasteiger partial charge in [0.15, 0.2) is 0 Å². The molecule has 178 valence electrons. The average molecular weight is 474 g/mol. The summed E-state index contributed by atoms with van der Waals surface area (Å²) in [6.45, 7) is 4.47. The molecule has 1 aliphatic heterocycles. The van der Waals surface area contributed by atoms with Gasteiger partial charge in [0.2, 0.25) is 0 Å². The molecule has 1 aliphatic rings. The number of hydrogen-bond donors (Lipinski definition) is 1. The summed E-state index contributed by atoms with van der Waals surface area (Å²) in [6, 6.07) is 31.9. The van der Waals surface area contributed by atoms with Crippen molar-refractivity contribution in [3.05, 3.63) is 131 Å². The SMILES string of the molecule is Cc1ccc(NC(=O)N2Cc3c(C)nn(-c4ccccc4)c3-n3cccc3[C@@H]2c2ccccc2)cc1. The fraction of sp³-hybridized carbons (Fsp3) is 0.133. The highest BCUT2D eigenvalue weighted by molar-refractivity contribution is 5.90. The summed E-state index contributed by atoms with van der Waals surface area (Å²) >= 11 is 0. The van der Waals surface area contributed by atoms with Crippen LogP contribution in [-0.4, -0.2) is 25.3 Å². The first kappa shape index (κ1) is 21.9. The molecule has 0 spiro atoms. The van der Waals surface area contributed by atoms with E-state index in [9.17, 15) is 4.79 Å². The number of fused-ring (bicyclic) bond motifs is 3. The zero-order chi connectivity index (χ0) is 24.6. The Kier molecular flexibility index (Phi) is 5.41. The molecule has 5 aromatic rings. The number of hydrogen-bond acceptors (Lipinski definition) is 2. The minimum absolute atomic E-state index is 0.153. The number of benzene rings is 3. The molecule has 6 rings (SSSR count). The normalized spacial score (nSPS) is 14.6. The van der Waals surface area contributed by atoms with Crippen molar-refractivity contribution < 1.29 is 4.79 Å². The molecule has 36 heavy (non-hydrogen) atoms. The number of amides is 2. The van der Waals surface area contributed by atoms with Crippen molar-refractivity contribution in [3.8, 4) is 11.5 Å². The lowest BCUT2D eigenvalue weighted by Gasteiger charge is -2.31. The van der Waals surface area contributed by atoms with Crippen molar-refractivity contribution in [2.45, 2.75) is 26.4 Å². The van der Waals surface area contributed by atoms with E-state index >= 15 is 0 Å². The highest BCUT2D eigenvalue weighted by atomic mass is 16.2. The van der Waals surface area contributed by atoms with Gasteiger partial charge in [0, 0.05) is 17.4 Å². The van der Waals surface area contributed by atoms with Crippen LogP contribution in [0.25, 0.3) is 11.5 Å². The highest BCUT2D eigenvalue weighted by Crippen LogP contribution is 2.38. The van der Waals surface area contributed by atoms with Crippen LogP contribution in [-0.2, 0) is 6.54 Å². The van der Waals surface area contributed by atoms with Gasteiger partial charge in [-0.1, -0.05) is 66.2 Å². The second kappa shape index (κ2) is 8.89. The van der Waals surface area contributed by atoms with E-state index in [-0.39, 0.29) is 12.1 Å². The lowest BCUT2D eigenvalue weighted by atomic mass is 10.0. The molecule has 6 nitrogen and oxygen atoms in total. The van der Waals surface area contributed by atoms with Crippen LogP contribution in [0.5, 0.6) is 0 Å². The molecule has 3 aromatic carbocycles. The number of nitrogens with one attached hydrogen (secondary N) is 1. The number of aromatic nitrogens is 3. The highest BCUT2D eigenvalue weighted by Gasteiger charge is 2.35. The van der Waals surface area contributed by atoms with Crippen LogP contribution >= 0.6 is 0 Å². The van der Waals surface area contributed by atoms with E-state index in [1.807, 2.05) is 90.2 Å². The number of carbonyl (C=O) groups excluding carboxylic acids is 1. The first-order valence-corrected chi connectivity index (χ1v) is 12.1. The van der Waals surface area contributed by atoms with Crippen LogP contribution in [0.15, 0.2) is 103 Å². The van der Waals surface area contributed by atoms with Gasteiger partial charge < -0.3 is 14.8 Å². The number of carbonyl (C=O) groups is 1. The monoisotopic (exact) mass is 473 g/mol. The van der Waals surface area contributed by atoms with Crippen molar-refractivity contribution in [2.75, 3.05) is 5.32 Å². The van der Waals surface area contributed by atoms with E-state index in [4.69, 9.17) is 5.10 Å². The second-order valence-corrected chi connectivity index (χ2v) is 9.18. The van der Waals surface area contributed by atoms with Crippen LogP contribution in [0.2, 0.25) is 0 Å². The number of aryl methyl sites for hydroxylation is 2. The molecule has 2 amide bonds. The van der Waals surface area contributed by atoms with Crippen LogP contribution < -0.4 is 5.32 Å². The van der Waals surface area contributed by atoms with Crippen LogP contribution in [0.3, 0.4) is 0 Å². The lowest BCUT2D eigenvalue weighted by Crippen LogP contribution is -2.38. The number of urea groups is 1. The Hall–Kier alpha value is -4.58. The third kappa shape index (κ3) is 3.77. The number of para-hydroxylation sites is 1. The summed E-state index contributed by atoms with van der Waals surface area (Å²) in [4.78, 5) is 15.8. The predicted octanol–water partition coefficient (Wildman–Crippen LogP) is 6.42. The smallest absolute Gasteiger partial charge is 0.308 e. The van der Waals surface area contributed by atoms with Gasteiger partial charge in [-0.15, -0.1) is 0 Å². The number of anilines is 1. The summed E-state index contributed by atoms with van der Waals surface area (Å²) in [5.74, 6) is 0.963. The second-order valence-electron chi connectivity index (χ2n) is 9.18. The molecule has 0 unspecified atom stereocenters. The summed E-state index contributed by atoms with van der Waals surface area (Å²) in [7, 11) is 0. The number of rotatable bonds is 3. The maximum Gasteiger partial charge on any atom is 0.322 e. The molecule has 1 atom stereocenters. The zero-order valence-electron chi connectivity index (χ0n) is 20.3. The Morgan fingerprint density at radius 2 is 1.56 bits per heavy atom. The lowest BCUT2D eigenvalue weighted by molar-refractivity contribution is 0.194. The van der Waals surface area contributed by atoms with E-state index in [2.05, 4.69) is 46.4 Å². The van der Waals surface area contributed by atoms with Crippen LogP contribution in [0, 0.1) is 13.8 Å². The molecule has 0 radical (unpaired) electrons. The third-order valence-electron chi connectivity index (χ3n) is 6.77. The summed E-state index contributed by atoms with van der Waals surface area (Å²) in [6.07, 6.45) is 2.06. The van der Waals surface area contributed by atoms with Crippen molar-refractivity contribution in [3.63, 3.8) is 0 Å².